The number of amides is 1. The lowest BCUT2D eigenvalue weighted by molar-refractivity contribution is 0.102. The summed E-state index contributed by atoms with van der Waals surface area (Å²) in [6.45, 7) is 3.90. The van der Waals surface area contributed by atoms with Crippen LogP contribution in [0.3, 0.4) is 0 Å². The molecule has 4 heterocycles. The number of imidazole rings is 1. The first-order valence-corrected chi connectivity index (χ1v) is 11.1. The maximum Gasteiger partial charge on any atom is 0.256 e. The van der Waals surface area contributed by atoms with Crippen LogP contribution in [0.15, 0.2) is 54.9 Å². The summed E-state index contributed by atoms with van der Waals surface area (Å²) in [6.07, 6.45) is 5.73. The Kier molecular flexibility index (Phi) is 5.75. The van der Waals surface area contributed by atoms with Gasteiger partial charge in [-0.05, 0) is 69.3 Å². The number of rotatable bonds is 5. The van der Waals surface area contributed by atoms with Crippen LogP contribution in [0.4, 0.5) is 5.82 Å². The molecule has 5 rings (SSSR count). The highest BCUT2D eigenvalue weighted by atomic mass is 16.5. The number of pyridine rings is 2. The van der Waals surface area contributed by atoms with Gasteiger partial charge < -0.3 is 19.9 Å². The lowest BCUT2D eigenvalue weighted by atomic mass is 10.1. The second kappa shape index (κ2) is 8.99. The minimum Gasteiger partial charge on any atom is -0.490 e. The summed E-state index contributed by atoms with van der Waals surface area (Å²) < 4.78 is 8.01. The van der Waals surface area contributed by atoms with Crippen molar-refractivity contribution in [3.05, 3.63) is 66.2 Å². The average molecular weight is 443 g/mol. The molecular formula is C25H26N6O2. The molecule has 0 unspecified atom stereocenters. The summed E-state index contributed by atoms with van der Waals surface area (Å²) in [7, 11) is 1.96. The van der Waals surface area contributed by atoms with E-state index < -0.39 is 0 Å². The highest BCUT2D eigenvalue weighted by molar-refractivity contribution is 6.04. The van der Waals surface area contributed by atoms with Gasteiger partial charge in [0.1, 0.15) is 23.5 Å². The molecule has 1 aromatic carbocycles. The third-order valence-electron chi connectivity index (χ3n) is 6.00. The topological polar surface area (TPSA) is 94.0 Å². The fourth-order valence-corrected chi connectivity index (χ4v) is 3.95. The summed E-state index contributed by atoms with van der Waals surface area (Å²) in [5.74, 6) is 1.92. The smallest absolute Gasteiger partial charge is 0.256 e. The standard InChI is InChI=1S/C25H26N6O2/c1-16-27-15-23(31(16)2)21-8-5-18-14-28-24(13-22(18)29-21)30-25(32)17-3-6-19(7-4-17)33-20-9-11-26-12-10-20/h3-8,13-15,20,26H,9-12H2,1-2H3,(H,28,30,32). The van der Waals surface area contributed by atoms with Gasteiger partial charge in [-0.25, -0.2) is 15.0 Å². The van der Waals surface area contributed by atoms with Crippen molar-refractivity contribution in [2.24, 2.45) is 7.05 Å². The van der Waals surface area contributed by atoms with Crippen LogP contribution in [0.2, 0.25) is 0 Å². The molecule has 1 amide bonds. The third kappa shape index (κ3) is 4.56. The number of aromatic nitrogens is 4. The number of fused-ring (bicyclic) bond motifs is 1. The third-order valence-corrected chi connectivity index (χ3v) is 6.00. The van der Waals surface area contributed by atoms with Crippen molar-refractivity contribution in [3.63, 3.8) is 0 Å². The van der Waals surface area contributed by atoms with Crippen LogP contribution in [0.1, 0.15) is 29.0 Å². The second-order valence-electron chi connectivity index (χ2n) is 8.25. The van der Waals surface area contributed by atoms with Gasteiger partial charge in [0.2, 0.25) is 0 Å². The van der Waals surface area contributed by atoms with Gasteiger partial charge in [0.05, 0.1) is 23.1 Å². The minimum atomic E-state index is -0.228. The van der Waals surface area contributed by atoms with Gasteiger partial charge in [0, 0.05) is 30.3 Å². The van der Waals surface area contributed by atoms with Crippen LogP contribution in [-0.4, -0.2) is 44.6 Å². The number of nitrogens with zero attached hydrogens (tertiary/aromatic N) is 4. The van der Waals surface area contributed by atoms with E-state index in [2.05, 4.69) is 20.6 Å². The largest absolute Gasteiger partial charge is 0.490 e. The molecule has 1 aliphatic rings. The molecule has 0 saturated carbocycles. The Hall–Kier alpha value is -3.78. The normalized spacial score (nSPS) is 14.4. The Bertz CT molecular complexity index is 1290. The number of carbonyl (C=O) groups excluding carboxylic acids is 1. The van der Waals surface area contributed by atoms with Crippen molar-refractivity contribution < 1.29 is 9.53 Å². The first kappa shape index (κ1) is 21.1. The van der Waals surface area contributed by atoms with Crippen molar-refractivity contribution in [2.75, 3.05) is 18.4 Å². The monoisotopic (exact) mass is 442 g/mol. The summed E-state index contributed by atoms with van der Waals surface area (Å²) in [5, 5.41) is 7.09. The molecule has 4 aromatic rings. The Morgan fingerprint density at radius 2 is 1.88 bits per heavy atom. The number of nitrogens with one attached hydrogen (secondary N) is 2. The molecule has 168 valence electrons. The fraction of sp³-hybridized carbons (Fsp3) is 0.280. The SMILES string of the molecule is Cc1ncc(-c2ccc3cnc(NC(=O)c4ccc(OC5CCNCC5)cc4)cc3n2)n1C. The molecule has 1 aliphatic heterocycles. The van der Waals surface area contributed by atoms with Crippen molar-refractivity contribution in [2.45, 2.75) is 25.9 Å². The summed E-state index contributed by atoms with van der Waals surface area (Å²) in [5.41, 5.74) is 3.05. The van der Waals surface area contributed by atoms with Crippen LogP contribution < -0.4 is 15.4 Å². The van der Waals surface area contributed by atoms with Gasteiger partial charge in [-0.2, -0.15) is 0 Å². The molecule has 3 aromatic heterocycles. The van der Waals surface area contributed by atoms with Crippen molar-refractivity contribution >= 4 is 22.6 Å². The maximum absolute atomic E-state index is 12.8. The lowest BCUT2D eigenvalue weighted by Gasteiger charge is -2.23. The molecule has 0 atom stereocenters. The number of carbonyl (C=O) groups is 1. The Labute approximate surface area is 192 Å². The van der Waals surface area contributed by atoms with Crippen molar-refractivity contribution in [3.8, 4) is 17.1 Å². The molecular weight excluding hydrogens is 416 g/mol. The molecule has 33 heavy (non-hydrogen) atoms. The van der Waals surface area contributed by atoms with Gasteiger partial charge in [-0.15, -0.1) is 0 Å². The van der Waals surface area contributed by atoms with Crippen LogP contribution in [0.5, 0.6) is 5.75 Å². The van der Waals surface area contributed by atoms with E-state index in [1.54, 1.807) is 24.4 Å². The van der Waals surface area contributed by atoms with E-state index in [-0.39, 0.29) is 12.0 Å². The van der Waals surface area contributed by atoms with Gasteiger partial charge in [-0.1, -0.05) is 0 Å². The van der Waals surface area contributed by atoms with E-state index in [1.165, 1.54) is 0 Å². The average Bonchev–Trinajstić information content (AvgIpc) is 3.18. The zero-order chi connectivity index (χ0) is 22.8. The number of benzene rings is 1. The Morgan fingerprint density at radius 1 is 1.09 bits per heavy atom. The van der Waals surface area contributed by atoms with E-state index >= 15 is 0 Å². The van der Waals surface area contributed by atoms with Gasteiger partial charge in [-0.3, -0.25) is 4.79 Å². The molecule has 8 nitrogen and oxygen atoms in total. The van der Waals surface area contributed by atoms with Crippen LogP contribution >= 0.6 is 0 Å². The molecule has 0 aliphatic carbocycles. The second-order valence-corrected chi connectivity index (χ2v) is 8.25. The number of piperidine rings is 1. The van der Waals surface area contributed by atoms with Crippen LogP contribution in [0, 0.1) is 6.92 Å². The first-order chi connectivity index (χ1) is 16.1. The highest BCUT2D eigenvalue weighted by Crippen LogP contribution is 2.23. The van der Waals surface area contributed by atoms with E-state index in [0.29, 0.717) is 11.4 Å². The van der Waals surface area contributed by atoms with E-state index in [1.807, 2.05) is 49.0 Å². The predicted molar refractivity (Wildman–Crippen MR) is 127 cm³/mol. The summed E-state index contributed by atoms with van der Waals surface area (Å²) in [6, 6.07) is 12.9. The highest BCUT2D eigenvalue weighted by Gasteiger charge is 2.15. The number of anilines is 1. The summed E-state index contributed by atoms with van der Waals surface area (Å²) in [4.78, 5) is 26.2. The van der Waals surface area contributed by atoms with Crippen LogP contribution in [0.25, 0.3) is 22.3 Å². The van der Waals surface area contributed by atoms with E-state index in [4.69, 9.17) is 9.72 Å². The summed E-state index contributed by atoms with van der Waals surface area (Å²) >= 11 is 0. The molecule has 1 saturated heterocycles. The number of aryl methyl sites for hydroxylation is 1. The number of hydrogen-bond acceptors (Lipinski definition) is 6. The zero-order valence-electron chi connectivity index (χ0n) is 18.7. The van der Waals surface area contributed by atoms with Crippen molar-refractivity contribution in [1.82, 2.24) is 24.8 Å². The lowest BCUT2D eigenvalue weighted by Crippen LogP contribution is -2.34. The van der Waals surface area contributed by atoms with Gasteiger partial charge in [0.25, 0.3) is 5.91 Å². The van der Waals surface area contributed by atoms with E-state index in [0.717, 1.165) is 59.8 Å². The maximum atomic E-state index is 12.8. The van der Waals surface area contributed by atoms with Crippen LogP contribution in [-0.2, 0) is 7.05 Å². The van der Waals surface area contributed by atoms with Gasteiger partial charge >= 0.3 is 0 Å². The predicted octanol–water partition coefficient (Wildman–Crippen LogP) is 3.72. The Morgan fingerprint density at radius 3 is 2.61 bits per heavy atom. The molecule has 1 fully saturated rings. The minimum absolute atomic E-state index is 0.223. The zero-order valence-corrected chi connectivity index (χ0v) is 18.7. The molecule has 0 spiro atoms. The fourth-order valence-electron chi connectivity index (χ4n) is 3.95. The number of hydrogen-bond donors (Lipinski definition) is 2. The molecule has 0 radical (unpaired) electrons. The van der Waals surface area contributed by atoms with E-state index in [9.17, 15) is 4.79 Å². The quantitative estimate of drug-likeness (QED) is 0.489. The van der Waals surface area contributed by atoms with Gasteiger partial charge in [0.15, 0.2) is 0 Å². The Balaban J connectivity index is 1.30. The molecule has 8 heteroatoms. The first-order valence-electron chi connectivity index (χ1n) is 11.1. The number of ether oxygens (including phenoxy) is 1. The molecule has 2 N–H and O–H groups in total. The van der Waals surface area contributed by atoms with Crippen molar-refractivity contribution in [1.29, 1.82) is 0 Å². The molecule has 0 bridgehead atoms.